The zero-order valence-electron chi connectivity index (χ0n) is 18.1. The largest absolute Gasteiger partial charge is 0.496 e. The molecule has 1 saturated heterocycles. The number of carbonyl (C=O) groups excluding carboxylic acids is 1. The number of likely N-dealkylation sites (tertiary alicyclic amines) is 1. The van der Waals surface area contributed by atoms with Gasteiger partial charge < -0.3 is 15.2 Å². The summed E-state index contributed by atoms with van der Waals surface area (Å²) >= 11 is 5.91. The van der Waals surface area contributed by atoms with Crippen molar-refractivity contribution >= 4 is 23.2 Å². The lowest BCUT2D eigenvalue weighted by molar-refractivity contribution is 0.0789. The van der Waals surface area contributed by atoms with E-state index >= 15 is 0 Å². The number of benzene rings is 3. The Balaban J connectivity index is 1.53. The van der Waals surface area contributed by atoms with Crippen molar-refractivity contribution in [2.45, 2.75) is 25.5 Å². The van der Waals surface area contributed by atoms with Gasteiger partial charge in [0.05, 0.1) is 13.2 Å². The number of carbonyl (C=O) groups is 1. The van der Waals surface area contributed by atoms with E-state index in [1.165, 1.54) is 0 Å². The van der Waals surface area contributed by atoms with E-state index in [9.17, 15) is 9.90 Å². The average molecular weight is 451 g/mol. The number of nitrogens with zero attached hydrogens (tertiary/aromatic N) is 1. The van der Waals surface area contributed by atoms with Gasteiger partial charge in [-0.2, -0.15) is 0 Å². The third-order valence-corrected chi connectivity index (χ3v) is 6.04. The van der Waals surface area contributed by atoms with Crippen LogP contribution in [0.3, 0.4) is 0 Å². The number of nitrogens with one attached hydrogen (secondary N) is 1. The summed E-state index contributed by atoms with van der Waals surface area (Å²) < 4.78 is 5.59. The molecule has 3 aromatic carbocycles. The van der Waals surface area contributed by atoms with Gasteiger partial charge in [-0.15, -0.1) is 0 Å². The van der Waals surface area contributed by atoms with Crippen LogP contribution in [0.4, 0.5) is 5.69 Å². The molecule has 0 saturated carbocycles. The lowest BCUT2D eigenvalue weighted by Crippen LogP contribution is -2.35. The molecule has 0 aliphatic carbocycles. The normalized spacial score (nSPS) is 14.8. The van der Waals surface area contributed by atoms with Crippen LogP contribution in [0.15, 0.2) is 66.7 Å². The molecule has 0 unspecified atom stereocenters. The fraction of sp³-hybridized carbons (Fsp3) is 0.269. The molecule has 1 aliphatic rings. The molecule has 2 N–H and O–H groups in total. The fourth-order valence-corrected chi connectivity index (χ4v) is 4.11. The Kier molecular flexibility index (Phi) is 7.10. The maximum Gasteiger partial charge on any atom is 0.255 e. The van der Waals surface area contributed by atoms with Crippen LogP contribution in [0.5, 0.6) is 5.75 Å². The Morgan fingerprint density at radius 3 is 2.50 bits per heavy atom. The second-order valence-electron chi connectivity index (χ2n) is 8.08. The van der Waals surface area contributed by atoms with Crippen LogP contribution in [-0.2, 0) is 6.54 Å². The molecular formula is C26H27ClN2O3. The molecule has 0 radical (unpaired) electrons. The minimum atomic E-state index is -0.190. The lowest BCUT2D eigenvalue weighted by Gasteiger charge is -2.30. The number of aliphatic hydroxyl groups excluding tert-OH is 1. The van der Waals surface area contributed by atoms with Crippen LogP contribution in [0.2, 0.25) is 5.02 Å². The van der Waals surface area contributed by atoms with Crippen molar-refractivity contribution in [2.24, 2.45) is 0 Å². The van der Waals surface area contributed by atoms with Crippen LogP contribution in [0.25, 0.3) is 11.1 Å². The summed E-state index contributed by atoms with van der Waals surface area (Å²) in [6, 6.07) is 20.8. The molecule has 1 amide bonds. The number of piperidine rings is 1. The molecule has 5 nitrogen and oxygen atoms in total. The highest BCUT2D eigenvalue weighted by Gasteiger charge is 2.18. The van der Waals surface area contributed by atoms with E-state index in [-0.39, 0.29) is 12.0 Å². The number of hydrogen-bond acceptors (Lipinski definition) is 4. The van der Waals surface area contributed by atoms with E-state index < -0.39 is 0 Å². The quantitative estimate of drug-likeness (QED) is 0.540. The summed E-state index contributed by atoms with van der Waals surface area (Å²) in [5.74, 6) is 0.675. The first-order valence-corrected chi connectivity index (χ1v) is 11.1. The molecule has 4 rings (SSSR count). The van der Waals surface area contributed by atoms with Gasteiger partial charge in [-0.3, -0.25) is 9.69 Å². The number of hydrogen-bond donors (Lipinski definition) is 2. The van der Waals surface area contributed by atoms with E-state index in [2.05, 4.69) is 16.3 Å². The smallest absolute Gasteiger partial charge is 0.255 e. The van der Waals surface area contributed by atoms with Crippen LogP contribution in [-0.4, -0.2) is 42.2 Å². The van der Waals surface area contributed by atoms with Gasteiger partial charge >= 0.3 is 0 Å². The number of aliphatic hydroxyl groups is 1. The molecule has 3 aromatic rings. The zero-order valence-corrected chi connectivity index (χ0v) is 18.8. The average Bonchev–Trinajstić information content (AvgIpc) is 2.81. The van der Waals surface area contributed by atoms with Crippen molar-refractivity contribution in [3.8, 4) is 16.9 Å². The first-order valence-electron chi connectivity index (χ1n) is 10.8. The summed E-state index contributed by atoms with van der Waals surface area (Å²) in [4.78, 5) is 14.9. The van der Waals surface area contributed by atoms with Gasteiger partial charge in [-0.1, -0.05) is 29.8 Å². The highest BCUT2D eigenvalue weighted by atomic mass is 35.5. The first-order chi connectivity index (χ1) is 15.5. The van der Waals surface area contributed by atoms with Crippen LogP contribution in [0, 0.1) is 0 Å². The van der Waals surface area contributed by atoms with E-state index in [1.807, 2.05) is 36.4 Å². The maximum absolute atomic E-state index is 12.6. The van der Waals surface area contributed by atoms with E-state index in [0.29, 0.717) is 10.6 Å². The topological polar surface area (TPSA) is 61.8 Å². The van der Waals surface area contributed by atoms with Gasteiger partial charge in [0.25, 0.3) is 5.91 Å². The van der Waals surface area contributed by atoms with Gasteiger partial charge in [0.2, 0.25) is 0 Å². The third kappa shape index (κ3) is 5.49. The van der Waals surface area contributed by atoms with Crippen molar-refractivity contribution in [1.29, 1.82) is 0 Å². The highest BCUT2D eigenvalue weighted by Crippen LogP contribution is 2.30. The number of methoxy groups -OCH3 is 1. The van der Waals surface area contributed by atoms with Crippen LogP contribution < -0.4 is 10.1 Å². The van der Waals surface area contributed by atoms with Gasteiger partial charge in [0.15, 0.2) is 0 Å². The minimum Gasteiger partial charge on any atom is -0.496 e. The highest BCUT2D eigenvalue weighted by molar-refractivity contribution is 6.30. The summed E-state index contributed by atoms with van der Waals surface area (Å²) in [6.45, 7) is 2.53. The van der Waals surface area contributed by atoms with Gasteiger partial charge in [0.1, 0.15) is 5.75 Å². The van der Waals surface area contributed by atoms with Crippen molar-refractivity contribution in [3.05, 3.63) is 82.9 Å². The maximum atomic E-state index is 12.6. The Morgan fingerprint density at radius 2 is 1.78 bits per heavy atom. The predicted octanol–water partition coefficient (Wildman–Crippen LogP) is 5.22. The molecule has 1 aliphatic heterocycles. The molecule has 0 aromatic heterocycles. The second kappa shape index (κ2) is 10.2. The van der Waals surface area contributed by atoms with E-state index in [4.69, 9.17) is 16.3 Å². The zero-order chi connectivity index (χ0) is 22.5. The Bertz CT molecular complexity index is 1080. The summed E-state index contributed by atoms with van der Waals surface area (Å²) in [6.07, 6.45) is 1.42. The molecule has 1 heterocycles. The van der Waals surface area contributed by atoms with Crippen molar-refractivity contribution in [3.63, 3.8) is 0 Å². The molecular weight excluding hydrogens is 424 g/mol. The van der Waals surface area contributed by atoms with Gasteiger partial charge in [-0.25, -0.2) is 0 Å². The number of halogens is 1. The minimum absolute atomic E-state index is 0.179. The molecule has 6 heteroatoms. The SMILES string of the molecule is COc1ccc(-c2cccc(NC(=O)c3ccc(Cl)cc3)c2)cc1CN1CCC(O)CC1. The lowest BCUT2D eigenvalue weighted by atomic mass is 10.0. The summed E-state index contributed by atoms with van der Waals surface area (Å²) in [5, 5.41) is 13.3. The molecule has 0 spiro atoms. The van der Waals surface area contributed by atoms with Crippen LogP contribution >= 0.6 is 11.6 Å². The number of anilines is 1. The van der Waals surface area contributed by atoms with Crippen molar-refractivity contribution in [2.75, 3.05) is 25.5 Å². The summed E-state index contributed by atoms with van der Waals surface area (Å²) in [7, 11) is 1.69. The standard InChI is InChI=1S/C26H27ClN2O3/c1-32-25-10-7-20(15-21(25)17-29-13-11-24(30)12-14-29)19-3-2-4-23(16-19)28-26(31)18-5-8-22(27)9-6-18/h2-10,15-16,24,30H,11-14,17H2,1H3,(H,28,31). The monoisotopic (exact) mass is 450 g/mol. The summed E-state index contributed by atoms with van der Waals surface area (Å²) in [5.41, 5.74) is 4.46. The molecule has 0 atom stereocenters. The van der Waals surface area contributed by atoms with Crippen molar-refractivity contribution in [1.82, 2.24) is 4.90 Å². The Hall–Kier alpha value is -2.86. The second-order valence-corrected chi connectivity index (χ2v) is 8.51. The molecule has 32 heavy (non-hydrogen) atoms. The van der Waals surface area contributed by atoms with E-state index in [1.54, 1.807) is 31.4 Å². The van der Waals surface area contributed by atoms with Crippen molar-refractivity contribution < 1.29 is 14.6 Å². The van der Waals surface area contributed by atoms with Gasteiger partial charge in [-0.05, 0) is 72.5 Å². The van der Waals surface area contributed by atoms with Crippen LogP contribution in [0.1, 0.15) is 28.8 Å². The number of rotatable bonds is 6. The first kappa shape index (κ1) is 22.3. The Labute approximate surface area is 193 Å². The Morgan fingerprint density at radius 1 is 1.06 bits per heavy atom. The fourth-order valence-electron chi connectivity index (χ4n) is 3.98. The van der Waals surface area contributed by atoms with E-state index in [0.717, 1.165) is 60.6 Å². The molecule has 166 valence electrons. The predicted molar refractivity (Wildman–Crippen MR) is 128 cm³/mol. The third-order valence-electron chi connectivity index (χ3n) is 5.79. The molecule has 1 fully saturated rings. The molecule has 0 bridgehead atoms. The number of ether oxygens (including phenoxy) is 1. The van der Waals surface area contributed by atoms with Gasteiger partial charge in [0, 0.05) is 41.5 Å². The number of amides is 1.